The van der Waals surface area contributed by atoms with E-state index < -0.39 is 0 Å². The van der Waals surface area contributed by atoms with Crippen LogP contribution in [0.15, 0.2) is 120 Å². The van der Waals surface area contributed by atoms with Crippen molar-refractivity contribution in [3.05, 3.63) is 131 Å². The predicted octanol–water partition coefficient (Wildman–Crippen LogP) is 12.2. The van der Waals surface area contributed by atoms with Crippen LogP contribution in [0.4, 0.5) is 0 Å². The first-order chi connectivity index (χ1) is 22.2. The van der Waals surface area contributed by atoms with Gasteiger partial charge in [0.05, 0.1) is 12.3 Å². The van der Waals surface area contributed by atoms with Crippen LogP contribution in [0.25, 0.3) is 44.3 Å². The van der Waals surface area contributed by atoms with Gasteiger partial charge >= 0.3 is 0 Å². The minimum Gasteiger partial charge on any atom is -0.303 e. The number of nitrogens with zero attached hydrogens (tertiary/aromatic N) is 1. The summed E-state index contributed by atoms with van der Waals surface area (Å²) in [6, 6.07) is 24.6. The first kappa shape index (κ1) is 33.8. The lowest BCUT2D eigenvalue weighted by Crippen LogP contribution is -2.04. The maximum Gasteiger partial charge on any atom is 0.0800 e. The molecule has 1 atom stereocenters. The molecule has 4 aromatic carbocycles. The summed E-state index contributed by atoms with van der Waals surface area (Å²) in [7, 11) is 0.675. The van der Waals surface area contributed by atoms with Crippen LogP contribution in [-0.4, -0.2) is 25.1 Å². The van der Waals surface area contributed by atoms with Gasteiger partial charge in [-0.25, -0.2) is 0 Å². The monoisotopic (exact) mass is 610 g/mol. The predicted molar refractivity (Wildman–Crippen MR) is 206 cm³/mol. The number of hydrogen-bond donors (Lipinski definition) is 1. The quantitative estimate of drug-likeness (QED) is 0.0759. The van der Waals surface area contributed by atoms with Crippen molar-refractivity contribution in [3.63, 3.8) is 0 Å². The van der Waals surface area contributed by atoms with Crippen molar-refractivity contribution in [1.29, 1.82) is 5.41 Å². The van der Waals surface area contributed by atoms with Crippen molar-refractivity contribution < 1.29 is 0 Å². The van der Waals surface area contributed by atoms with Gasteiger partial charge in [0.1, 0.15) is 0 Å². The lowest BCUT2D eigenvalue weighted by Gasteiger charge is -2.25. The smallest absolute Gasteiger partial charge is 0.0800 e. The lowest BCUT2D eigenvalue weighted by molar-refractivity contribution is 0.989. The van der Waals surface area contributed by atoms with E-state index in [-0.39, 0.29) is 0 Å². The molecular formula is C42H47N2P. The summed E-state index contributed by atoms with van der Waals surface area (Å²) in [6.07, 6.45) is 23.3. The number of aliphatic imine (C=N–C) groups is 1. The van der Waals surface area contributed by atoms with E-state index >= 15 is 0 Å². The zero-order valence-corrected chi connectivity index (χ0v) is 28.5. The Labute approximate surface area is 272 Å². The Morgan fingerprint density at radius 2 is 1.60 bits per heavy atom. The number of nitrogens with one attached hydrogen (secondary N) is 1. The molecule has 3 heteroatoms. The van der Waals surface area contributed by atoms with Crippen LogP contribution in [0.2, 0.25) is 0 Å². The molecule has 0 saturated carbocycles. The fourth-order valence-electron chi connectivity index (χ4n) is 6.01. The van der Waals surface area contributed by atoms with Gasteiger partial charge in [-0.1, -0.05) is 126 Å². The first-order valence-electron chi connectivity index (χ1n) is 16.3. The molecule has 1 aliphatic carbocycles. The van der Waals surface area contributed by atoms with Crippen molar-refractivity contribution in [2.45, 2.75) is 53.4 Å². The molecule has 5 rings (SSSR count). The topological polar surface area (TPSA) is 36.2 Å². The lowest BCUT2D eigenvalue weighted by atomic mass is 9.79. The minimum absolute atomic E-state index is 0.440. The zero-order valence-electron chi connectivity index (χ0n) is 27.5. The second-order valence-electron chi connectivity index (χ2n) is 10.8. The highest BCUT2D eigenvalue weighted by Gasteiger charge is 2.22. The van der Waals surface area contributed by atoms with Crippen LogP contribution < -0.4 is 0 Å². The molecule has 0 spiro atoms. The largest absolute Gasteiger partial charge is 0.303 e. The maximum absolute atomic E-state index is 7.88. The van der Waals surface area contributed by atoms with Gasteiger partial charge in [0.25, 0.3) is 0 Å². The van der Waals surface area contributed by atoms with Crippen molar-refractivity contribution in [1.82, 2.24) is 0 Å². The number of rotatable bonds is 11. The highest BCUT2D eigenvalue weighted by atomic mass is 31.1. The van der Waals surface area contributed by atoms with Gasteiger partial charge in [0.2, 0.25) is 0 Å². The zero-order chi connectivity index (χ0) is 32.0. The summed E-state index contributed by atoms with van der Waals surface area (Å²) < 4.78 is 0. The van der Waals surface area contributed by atoms with E-state index in [1.165, 1.54) is 60.2 Å². The molecule has 0 bridgehead atoms. The molecule has 1 N–H and O–H groups in total. The molecule has 1 unspecified atom stereocenters. The third-order valence-electron chi connectivity index (χ3n) is 7.91. The van der Waals surface area contributed by atoms with Gasteiger partial charge in [0, 0.05) is 0 Å². The molecule has 2 nitrogen and oxygen atoms in total. The van der Waals surface area contributed by atoms with Gasteiger partial charge < -0.3 is 5.41 Å². The van der Waals surface area contributed by atoms with Gasteiger partial charge in [-0.2, -0.15) is 0 Å². The van der Waals surface area contributed by atoms with Crippen LogP contribution in [0, 0.1) is 5.41 Å². The Balaban J connectivity index is 0.00000226. The highest BCUT2D eigenvalue weighted by molar-refractivity contribution is 7.42. The second kappa shape index (κ2) is 17.4. The summed E-state index contributed by atoms with van der Waals surface area (Å²) in [5.41, 5.74) is 8.68. The molecule has 0 amide bonds. The van der Waals surface area contributed by atoms with Gasteiger partial charge in [-0.05, 0) is 125 Å². The molecule has 0 aliphatic heterocycles. The molecule has 0 fully saturated rings. The van der Waals surface area contributed by atoms with Crippen LogP contribution in [0.5, 0.6) is 0 Å². The number of hydrogen-bond acceptors (Lipinski definition) is 2. The molecule has 45 heavy (non-hydrogen) atoms. The molecule has 4 aromatic rings. The molecular weight excluding hydrogens is 563 g/mol. The third-order valence-corrected chi connectivity index (χ3v) is 8.89. The van der Waals surface area contributed by atoms with Crippen LogP contribution in [-0.2, 0) is 6.42 Å². The molecule has 0 heterocycles. The van der Waals surface area contributed by atoms with Crippen molar-refractivity contribution in [2.24, 2.45) is 4.99 Å². The van der Waals surface area contributed by atoms with Crippen LogP contribution in [0.3, 0.4) is 0 Å². The fraction of sp³-hybridized carbons (Fsp3) is 0.238. The number of allylic oxidation sites excluding steroid dienone is 8. The van der Waals surface area contributed by atoms with Gasteiger partial charge in [0.15, 0.2) is 0 Å². The van der Waals surface area contributed by atoms with Crippen LogP contribution in [0.1, 0.15) is 63.6 Å². The average Bonchev–Trinajstić information content (AvgIpc) is 3.08. The molecule has 1 aliphatic rings. The first-order valence-corrected chi connectivity index (χ1v) is 17.8. The fourth-order valence-corrected chi connectivity index (χ4v) is 6.82. The van der Waals surface area contributed by atoms with Gasteiger partial charge in [-0.3, -0.25) is 4.99 Å². The van der Waals surface area contributed by atoms with Crippen molar-refractivity contribution >= 4 is 53.7 Å². The summed E-state index contributed by atoms with van der Waals surface area (Å²) in [5.74, 6) is 0. The van der Waals surface area contributed by atoms with E-state index in [1.54, 1.807) is 6.08 Å². The van der Waals surface area contributed by atoms with E-state index in [9.17, 15) is 0 Å². The second-order valence-corrected chi connectivity index (χ2v) is 11.8. The van der Waals surface area contributed by atoms with E-state index in [2.05, 4.69) is 122 Å². The Bertz CT molecular complexity index is 1810. The van der Waals surface area contributed by atoms with E-state index in [0.717, 1.165) is 25.7 Å². The van der Waals surface area contributed by atoms with E-state index in [0.29, 0.717) is 20.8 Å². The standard InChI is InChI=1S/C40H41N2P.C2H6/c1-4-15-32(41)28-42-26-14-6-7-23-37(38(43-3)16-5-2)40-35-21-12-10-19-33(35)39(34-20-11-13-22-36(34)40)31-25-24-29-17-8-9-18-30(29)27-31;1-2/h4-5,7-10,12-13,15-19,21-27,41,43H,6,11,14,20,28H2,1-3H3;1-2H3/b15-4-,16-5-,23-7-,38-37+,41-32?,42-26?;. The molecule has 230 valence electrons. The summed E-state index contributed by atoms with van der Waals surface area (Å²) in [6.45, 7) is 10.8. The molecule has 0 aromatic heterocycles. The molecule has 0 saturated heterocycles. The third kappa shape index (κ3) is 8.13. The van der Waals surface area contributed by atoms with Crippen molar-refractivity contribution in [2.75, 3.05) is 13.2 Å². The Hall–Kier alpha value is -4.13. The van der Waals surface area contributed by atoms with E-state index in [1.807, 2.05) is 33.1 Å². The van der Waals surface area contributed by atoms with E-state index in [4.69, 9.17) is 5.41 Å². The van der Waals surface area contributed by atoms with Crippen LogP contribution >= 0.6 is 8.58 Å². The Morgan fingerprint density at radius 1 is 0.867 bits per heavy atom. The summed E-state index contributed by atoms with van der Waals surface area (Å²) >= 11 is 0. The maximum atomic E-state index is 7.88. The number of fused-ring (bicyclic) bond motifs is 3. The molecule has 0 radical (unpaired) electrons. The number of benzene rings is 4. The normalized spacial score (nSPS) is 13.9. The summed E-state index contributed by atoms with van der Waals surface area (Å²) in [5, 5.41) is 14.4. The SMILES string of the molecule is C/C=C\C(=N)CN=CCC\C=C/C(=C(/C=C\C)PC)c1c2c(c(-c3ccc4ccccc4c3)c3ccccc13)CCC=C2.CC. The number of unbranched alkanes of at least 4 members (excludes halogenated alkanes) is 1. The minimum atomic E-state index is 0.440. The average molecular weight is 611 g/mol. The highest BCUT2D eigenvalue weighted by Crippen LogP contribution is 2.45. The Kier molecular flexibility index (Phi) is 13.0. The van der Waals surface area contributed by atoms with Gasteiger partial charge in [-0.15, -0.1) is 0 Å². The summed E-state index contributed by atoms with van der Waals surface area (Å²) in [4.78, 5) is 4.44. The van der Waals surface area contributed by atoms with Crippen molar-refractivity contribution in [3.8, 4) is 11.1 Å². The Morgan fingerprint density at radius 3 is 2.36 bits per heavy atom.